The highest BCUT2D eigenvalue weighted by atomic mass is 16.5. The number of nitrogens with zero attached hydrogens (tertiary/aromatic N) is 3. The molecule has 3 saturated heterocycles. The van der Waals surface area contributed by atoms with Gasteiger partial charge in [0, 0.05) is 37.4 Å². The van der Waals surface area contributed by atoms with E-state index in [0.29, 0.717) is 18.4 Å². The SMILES string of the molecule is CCN1CCN(c2ccc(C(=O)NC3(C(=O)N4C[C@H](O)[C@H]5OCC(=O)[C@H]54)CCCCC3)cc2)CC1. The predicted octanol–water partition coefficient (Wildman–Crippen LogP) is 0.801. The van der Waals surface area contributed by atoms with Gasteiger partial charge >= 0.3 is 0 Å². The van der Waals surface area contributed by atoms with E-state index in [-0.39, 0.29) is 30.7 Å². The number of piperazine rings is 1. The Bertz CT molecular complexity index is 953. The van der Waals surface area contributed by atoms with Crippen LogP contribution in [0.4, 0.5) is 5.69 Å². The number of β-amino-alcohol motifs (C(OH)–C–C–N with tert-alkyl or cyclic N) is 1. The van der Waals surface area contributed by atoms with Crippen LogP contribution in [0, 0.1) is 0 Å². The summed E-state index contributed by atoms with van der Waals surface area (Å²) in [5.74, 6) is -0.748. The molecule has 1 aliphatic carbocycles. The molecule has 9 nitrogen and oxygen atoms in total. The number of anilines is 1. The molecular formula is C26H36N4O5. The quantitative estimate of drug-likeness (QED) is 0.637. The van der Waals surface area contributed by atoms with Gasteiger partial charge in [0.05, 0.1) is 6.54 Å². The van der Waals surface area contributed by atoms with Crippen LogP contribution in [-0.2, 0) is 14.3 Å². The lowest BCUT2D eigenvalue weighted by Gasteiger charge is -2.40. The highest BCUT2D eigenvalue weighted by Crippen LogP contribution is 2.35. The van der Waals surface area contributed by atoms with Crippen molar-refractivity contribution < 1.29 is 24.2 Å². The molecule has 3 heterocycles. The molecule has 9 heteroatoms. The zero-order valence-electron chi connectivity index (χ0n) is 20.4. The Morgan fingerprint density at radius 3 is 2.43 bits per heavy atom. The number of carbonyl (C=O) groups excluding carboxylic acids is 3. The number of likely N-dealkylation sites (tertiary alicyclic amines) is 1. The van der Waals surface area contributed by atoms with E-state index >= 15 is 0 Å². The summed E-state index contributed by atoms with van der Waals surface area (Å²) in [6.07, 6.45) is 2.13. The Kier molecular flexibility index (Phi) is 6.83. The lowest BCUT2D eigenvalue weighted by molar-refractivity contribution is -0.143. The summed E-state index contributed by atoms with van der Waals surface area (Å²) in [5, 5.41) is 13.4. The molecule has 1 saturated carbocycles. The minimum Gasteiger partial charge on any atom is -0.388 e. The summed E-state index contributed by atoms with van der Waals surface area (Å²) in [5.41, 5.74) is 0.540. The van der Waals surface area contributed by atoms with Gasteiger partial charge < -0.3 is 29.9 Å². The number of ether oxygens (including phenoxy) is 1. The van der Waals surface area contributed by atoms with Crippen molar-refractivity contribution in [2.45, 2.75) is 62.8 Å². The van der Waals surface area contributed by atoms with Crippen molar-refractivity contribution in [3.05, 3.63) is 29.8 Å². The molecule has 0 bridgehead atoms. The van der Waals surface area contributed by atoms with Gasteiger partial charge in [0.15, 0.2) is 5.78 Å². The first-order valence-electron chi connectivity index (χ1n) is 13.0. The average molecular weight is 485 g/mol. The first-order chi connectivity index (χ1) is 16.9. The van der Waals surface area contributed by atoms with E-state index in [1.807, 2.05) is 24.3 Å². The molecule has 0 aromatic heterocycles. The van der Waals surface area contributed by atoms with Gasteiger partial charge in [-0.3, -0.25) is 14.4 Å². The molecule has 4 aliphatic rings. The van der Waals surface area contributed by atoms with Crippen molar-refractivity contribution in [3.63, 3.8) is 0 Å². The molecule has 1 aromatic rings. The zero-order valence-corrected chi connectivity index (χ0v) is 20.4. The number of aliphatic hydroxyl groups excluding tert-OH is 1. The number of hydrogen-bond donors (Lipinski definition) is 2. The van der Waals surface area contributed by atoms with Crippen LogP contribution in [0.3, 0.4) is 0 Å². The van der Waals surface area contributed by atoms with E-state index in [0.717, 1.165) is 57.7 Å². The highest BCUT2D eigenvalue weighted by Gasteiger charge is 2.55. The first-order valence-corrected chi connectivity index (χ1v) is 13.0. The van der Waals surface area contributed by atoms with Crippen molar-refractivity contribution in [1.29, 1.82) is 0 Å². The normalized spacial score (nSPS) is 28.7. The van der Waals surface area contributed by atoms with Crippen LogP contribution < -0.4 is 10.2 Å². The maximum atomic E-state index is 13.8. The van der Waals surface area contributed by atoms with Crippen molar-refractivity contribution in [2.75, 3.05) is 50.8 Å². The third-order valence-electron chi connectivity index (χ3n) is 8.20. The second-order valence-corrected chi connectivity index (χ2v) is 10.3. The number of amides is 2. The van der Waals surface area contributed by atoms with Gasteiger partial charge in [-0.15, -0.1) is 0 Å². The molecule has 0 spiro atoms. The van der Waals surface area contributed by atoms with Crippen LogP contribution in [-0.4, -0.2) is 102 Å². The molecule has 3 atom stereocenters. The largest absolute Gasteiger partial charge is 0.388 e. The summed E-state index contributed by atoms with van der Waals surface area (Å²) in [7, 11) is 0. The number of rotatable bonds is 5. The van der Waals surface area contributed by atoms with Crippen molar-refractivity contribution in [1.82, 2.24) is 15.1 Å². The van der Waals surface area contributed by atoms with Crippen molar-refractivity contribution in [3.8, 4) is 0 Å². The second kappa shape index (κ2) is 9.87. The molecule has 190 valence electrons. The minimum atomic E-state index is -1.07. The summed E-state index contributed by atoms with van der Waals surface area (Å²) >= 11 is 0. The smallest absolute Gasteiger partial charge is 0.252 e. The molecule has 0 unspecified atom stereocenters. The number of likely N-dealkylation sites (N-methyl/N-ethyl adjacent to an activating group) is 1. The van der Waals surface area contributed by atoms with Crippen molar-refractivity contribution in [2.24, 2.45) is 0 Å². The molecule has 2 amide bonds. The van der Waals surface area contributed by atoms with Crippen LogP contribution in [0.2, 0.25) is 0 Å². The van der Waals surface area contributed by atoms with E-state index in [9.17, 15) is 19.5 Å². The van der Waals surface area contributed by atoms with Crippen LogP contribution >= 0.6 is 0 Å². The summed E-state index contributed by atoms with van der Waals surface area (Å²) in [6, 6.07) is 6.83. The van der Waals surface area contributed by atoms with Gasteiger partial charge in [0.2, 0.25) is 5.91 Å². The van der Waals surface area contributed by atoms with Gasteiger partial charge in [-0.2, -0.15) is 0 Å². The standard InChI is InChI=1S/C26H36N4O5/c1-2-28-12-14-29(15-13-28)19-8-6-18(7-9-19)24(33)27-26(10-4-3-5-11-26)25(34)30-16-20(31)23-22(30)21(32)17-35-23/h6-9,20,22-23,31H,2-5,10-17H2,1H3,(H,27,33)/t20-,22+,23+/m0/s1. The average Bonchev–Trinajstić information content (AvgIpc) is 3.44. The Morgan fingerprint density at radius 1 is 1.09 bits per heavy atom. The molecule has 5 rings (SSSR count). The lowest BCUT2D eigenvalue weighted by Crippen LogP contribution is -2.62. The fourth-order valence-electron chi connectivity index (χ4n) is 6.10. The Morgan fingerprint density at radius 2 is 1.77 bits per heavy atom. The number of carbonyl (C=O) groups is 3. The molecule has 4 fully saturated rings. The predicted molar refractivity (Wildman–Crippen MR) is 130 cm³/mol. The number of ketones is 1. The Hall–Kier alpha value is -2.49. The van der Waals surface area contributed by atoms with Crippen LogP contribution in [0.15, 0.2) is 24.3 Å². The fraction of sp³-hybridized carbons (Fsp3) is 0.654. The third-order valence-corrected chi connectivity index (χ3v) is 8.20. The Labute approximate surface area is 206 Å². The third kappa shape index (κ3) is 4.57. The molecular weight excluding hydrogens is 448 g/mol. The molecule has 35 heavy (non-hydrogen) atoms. The van der Waals surface area contributed by atoms with E-state index in [2.05, 4.69) is 22.0 Å². The number of benzene rings is 1. The van der Waals surface area contributed by atoms with Gasteiger partial charge in [0.1, 0.15) is 30.4 Å². The lowest BCUT2D eigenvalue weighted by atomic mass is 9.80. The van der Waals surface area contributed by atoms with Crippen molar-refractivity contribution >= 4 is 23.3 Å². The molecule has 2 N–H and O–H groups in total. The number of nitrogens with one attached hydrogen (secondary N) is 1. The van der Waals surface area contributed by atoms with Gasteiger partial charge in [-0.05, 0) is 43.7 Å². The summed E-state index contributed by atoms with van der Waals surface area (Å²) < 4.78 is 5.44. The second-order valence-electron chi connectivity index (χ2n) is 10.3. The molecule has 0 radical (unpaired) electrons. The van der Waals surface area contributed by atoms with Gasteiger partial charge in [-0.1, -0.05) is 26.2 Å². The van der Waals surface area contributed by atoms with Gasteiger partial charge in [0.25, 0.3) is 5.91 Å². The fourth-order valence-corrected chi connectivity index (χ4v) is 6.10. The van der Waals surface area contributed by atoms with E-state index in [1.165, 1.54) is 4.90 Å². The number of hydrogen-bond acceptors (Lipinski definition) is 7. The number of Topliss-reactive ketones (excluding diaryl/α,β-unsaturated/α-hetero) is 1. The van der Waals surface area contributed by atoms with E-state index in [4.69, 9.17) is 4.74 Å². The van der Waals surface area contributed by atoms with Crippen LogP contribution in [0.5, 0.6) is 0 Å². The van der Waals surface area contributed by atoms with Gasteiger partial charge in [-0.25, -0.2) is 0 Å². The zero-order chi connectivity index (χ0) is 24.6. The van der Waals surface area contributed by atoms with Crippen LogP contribution in [0.1, 0.15) is 49.4 Å². The maximum absolute atomic E-state index is 13.8. The monoisotopic (exact) mass is 484 g/mol. The highest BCUT2D eigenvalue weighted by molar-refractivity contribution is 6.01. The van der Waals surface area contributed by atoms with E-state index < -0.39 is 23.8 Å². The molecule has 3 aliphatic heterocycles. The maximum Gasteiger partial charge on any atom is 0.252 e. The first kappa shape index (κ1) is 24.2. The molecule has 1 aromatic carbocycles. The number of fused-ring (bicyclic) bond motifs is 1. The van der Waals surface area contributed by atoms with E-state index in [1.54, 1.807) is 0 Å². The topological polar surface area (TPSA) is 102 Å². The summed E-state index contributed by atoms with van der Waals surface area (Å²) in [4.78, 5) is 45.8. The Balaban J connectivity index is 1.30. The number of aliphatic hydroxyl groups is 1. The minimum absolute atomic E-state index is 0.0531. The summed E-state index contributed by atoms with van der Waals surface area (Å²) in [6.45, 7) is 7.19. The van der Waals surface area contributed by atoms with Crippen LogP contribution in [0.25, 0.3) is 0 Å².